The molecule has 4 aliphatic carbocycles. The maximum atomic E-state index is 17.7. The second kappa shape index (κ2) is 17.3. The Kier molecular flexibility index (Phi) is 13.1. The van der Waals surface area contributed by atoms with Crippen molar-refractivity contribution >= 4 is 35.6 Å². The first-order chi connectivity index (χ1) is 27.3. The number of allylic oxidation sites excluding steroid dienone is 4. The highest BCUT2D eigenvalue weighted by atomic mass is 19.1. The number of hydrogen-bond donors (Lipinski definition) is 2. The molecule has 2 saturated carbocycles. The molecule has 4 aliphatic rings. The molecule has 17 heteroatoms. The highest BCUT2D eigenvalue weighted by Gasteiger charge is 2.77. The number of ether oxygens (including phenoxy) is 4. The molecule has 0 spiro atoms. The zero-order valence-corrected chi connectivity index (χ0v) is 33.3. The summed E-state index contributed by atoms with van der Waals surface area (Å²) in [7, 11) is 0. The Bertz CT molecular complexity index is 1870. The highest BCUT2D eigenvalue weighted by molar-refractivity contribution is 5.94. The van der Waals surface area contributed by atoms with Gasteiger partial charge in [0.15, 0.2) is 23.7 Å². The molecule has 0 radical (unpaired) electrons. The van der Waals surface area contributed by atoms with E-state index in [1.807, 2.05) is 6.08 Å². The average Bonchev–Trinajstić information content (AvgIpc) is 3.38. The largest absolute Gasteiger partial charge is 0.514 e. The molecule has 0 aliphatic heterocycles. The van der Waals surface area contributed by atoms with Crippen LogP contribution in [0.4, 0.5) is 9.18 Å². The molecule has 0 saturated heterocycles. The highest BCUT2D eigenvalue weighted by Crippen LogP contribution is 2.71. The number of alkyl halides is 1. The Morgan fingerprint density at radius 2 is 1.76 bits per heavy atom. The van der Waals surface area contributed by atoms with E-state index in [1.165, 1.54) is 43.3 Å². The minimum atomic E-state index is -2.17. The van der Waals surface area contributed by atoms with Crippen LogP contribution < -0.4 is 10.1 Å². The number of aliphatic hydroxyl groups is 1. The molecule has 0 aromatic heterocycles. The number of aliphatic hydroxyl groups excluding tert-OH is 1. The summed E-state index contributed by atoms with van der Waals surface area (Å²) < 4.78 is 39.6. The van der Waals surface area contributed by atoms with E-state index in [1.54, 1.807) is 27.7 Å². The van der Waals surface area contributed by atoms with Gasteiger partial charge in [-0.3, -0.25) is 19.2 Å². The molecule has 1 amide bonds. The molecular formula is C41H51FN2O14. The summed E-state index contributed by atoms with van der Waals surface area (Å²) in [5.41, 5.74) is -5.40. The number of Topliss-reactive ketones (excluding diaryl/α,β-unsaturated/α-hetero) is 1. The van der Waals surface area contributed by atoms with Gasteiger partial charge in [0.05, 0.1) is 19.3 Å². The van der Waals surface area contributed by atoms with Crippen LogP contribution in [0.2, 0.25) is 0 Å². The summed E-state index contributed by atoms with van der Waals surface area (Å²) in [6.07, 6.45) is 2.76. The molecule has 2 N–H and O–H groups in total. The molecule has 1 aromatic rings. The zero-order chi connectivity index (χ0) is 42.6. The minimum Gasteiger partial charge on any atom is -0.464 e. The fourth-order valence-electron chi connectivity index (χ4n) is 9.90. The van der Waals surface area contributed by atoms with E-state index in [2.05, 4.69) is 10.2 Å². The normalized spacial score (nSPS) is 31.3. The maximum Gasteiger partial charge on any atom is 0.514 e. The van der Waals surface area contributed by atoms with Gasteiger partial charge in [-0.1, -0.05) is 50.6 Å². The van der Waals surface area contributed by atoms with Crippen LogP contribution in [0.25, 0.3) is 0 Å². The van der Waals surface area contributed by atoms with Crippen molar-refractivity contribution in [3.05, 3.63) is 63.7 Å². The third-order valence-electron chi connectivity index (χ3n) is 12.6. The number of rotatable bonds is 16. The number of carbonyl (C=O) groups excluding carboxylic acids is 6. The fraction of sp³-hybridized carbons (Fsp3) is 0.610. The Morgan fingerprint density at radius 1 is 1.07 bits per heavy atom. The first kappa shape index (κ1) is 43.9. The number of hydrogen-bond acceptors (Lipinski definition) is 14. The van der Waals surface area contributed by atoms with Gasteiger partial charge in [0.1, 0.15) is 11.8 Å². The quantitative estimate of drug-likeness (QED) is 0.0441. The number of amides is 1. The predicted molar refractivity (Wildman–Crippen MR) is 200 cm³/mol. The van der Waals surface area contributed by atoms with Gasteiger partial charge >= 0.3 is 18.1 Å². The number of unbranched alkanes of at least 4 members (excludes halogenated alkanes) is 1. The van der Waals surface area contributed by atoms with Crippen molar-refractivity contribution in [2.75, 3.05) is 19.8 Å². The lowest BCUT2D eigenvalue weighted by Crippen LogP contribution is -2.69. The Morgan fingerprint density at radius 3 is 2.41 bits per heavy atom. The molecule has 1 aromatic carbocycles. The Hall–Kier alpha value is -5.19. The smallest absolute Gasteiger partial charge is 0.464 e. The Labute approximate surface area is 334 Å². The number of nitrogens with zero attached hydrogens (tertiary/aromatic N) is 1. The van der Waals surface area contributed by atoms with Crippen LogP contribution in [-0.2, 0) is 49.4 Å². The van der Waals surface area contributed by atoms with Gasteiger partial charge in [0, 0.05) is 48.9 Å². The summed E-state index contributed by atoms with van der Waals surface area (Å²) >= 11 is 0. The van der Waals surface area contributed by atoms with Crippen molar-refractivity contribution in [1.82, 2.24) is 5.32 Å². The second-order valence-electron chi connectivity index (χ2n) is 16.1. The van der Waals surface area contributed by atoms with Crippen LogP contribution in [0, 0.1) is 38.7 Å². The average molecular weight is 815 g/mol. The summed E-state index contributed by atoms with van der Waals surface area (Å²) in [6, 6.07) is 4.84. The van der Waals surface area contributed by atoms with Gasteiger partial charge in [0.25, 0.3) is 5.09 Å². The van der Waals surface area contributed by atoms with Crippen molar-refractivity contribution in [1.29, 1.82) is 0 Å². The molecule has 16 nitrogen and oxygen atoms in total. The topological polar surface area (TPSA) is 224 Å². The van der Waals surface area contributed by atoms with Crippen LogP contribution in [0.15, 0.2) is 48.1 Å². The molecule has 316 valence electrons. The molecule has 9 atom stereocenters. The van der Waals surface area contributed by atoms with Crippen LogP contribution >= 0.6 is 0 Å². The van der Waals surface area contributed by atoms with Crippen LogP contribution in [0.5, 0.6) is 5.75 Å². The summed E-state index contributed by atoms with van der Waals surface area (Å²) in [5, 5.41) is 23.6. The summed E-state index contributed by atoms with van der Waals surface area (Å²) in [4.78, 5) is 91.5. The van der Waals surface area contributed by atoms with Gasteiger partial charge in [-0.15, -0.1) is 10.1 Å². The van der Waals surface area contributed by atoms with Gasteiger partial charge in [0.2, 0.25) is 11.7 Å². The van der Waals surface area contributed by atoms with E-state index in [0.29, 0.717) is 17.6 Å². The predicted octanol–water partition coefficient (Wildman–Crippen LogP) is 4.66. The molecule has 5 rings (SSSR count). The van der Waals surface area contributed by atoms with E-state index < -0.39 is 93.5 Å². The molecular weight excluding hydrogens is 763 g/mol. The number of carbonyl (C=O) groups is 6. The summed E-state index contributed by atoms with van der Waals surface area (Å²) in [6.45, 7) is 6.90. The lowest BCUT2D eigenvalue weighted by molar-refractivity contribution is -0.757. The van der Waals surface area contributed by atoms with Crippen molar-refractivity contribution < 1.29 is 67.1 Å². The Balaban J connectivity index is 1.25. The number of ketones is 2. The lowest BCUT2D eigenvalue weighted by atomic mass is 9.45. The second-order valence-corrected chi connectivity index (χ2v) is 16.1. The minimum absolute atomic E-state index is 0.0186. The first-order valence-corrected chi connectivity index (χ1v) is 19.5. The van der Waals surface area contributed by atoms with E-state index in [4.69, 9.17) is 18.9 Å². The van der Waals surface area contributed by atoms with Gasteiger partial charge in [-0.25, -0.2) is 14.0 Å². The number of benzene rings is 1. The molecule has 0 heterocycles. The zero-order valence-electron chi connectivity index (χ0n) is 33.3. The monoisotopic (exact) mass is 814 g/mol. The number of halogens is 1. The summed E-state index contributed by atoms with van der Waals surface area (Å²) in [5.74, 6) is -4.71. The van der Waals surface area contributed by atoms with Crippen molar-refractivity contribution in [2.24, 2.45) is 28.6 Å². The van der Waals surface area contributed by atoms with Crippen molar-refractivity contribution in [3.63, 3.8) is 0 Å². The fourth-order valence-corrected chi connectivity index (χ4v) is 9.90. The van der Waals surface area contributed by atoms with Gasteiger partial charge in [-0.05, 0) is 68.7 Å². The van der Waals surface area contributed by atoms with Gasteiger partial charge in [-0.2, -0.15) is 0 Å². The number of fused-ring (bicyclic) bond motifs is 5. The molecule has 58 heavy (non-hydrogen) atoms. The van der Waals surface area contributed by atoms with Crippen LogP contribution in [-0.4, -0.2) is 89.0 Å². The first-order valence-electron chi connectivity index (χ1n) is 19.5. The SMILES string of the molecule is CCC(=O)O[C@]1(C(=O)COC(=O)Oc2ccc(C[C@H](NC(C)=O)C(=O)OCCCCO[N+](=O)[O-])cc2)[C@@H](C)C[C@H]2[C@@H]3CC=C4CC(=O)C=C[C@]4(C)[C@@]3(F)[C@@H](O)C[C@@]21C. The van der Waals surface area contributed by atoms with E-state index >= 15 is 4.39 Å². The van der Waals surface area contributed by atoms with E-state index in [9.17, 15) is 44.0 Å². The standard InChI is InChI=1S/C41H51FN2O14/c1-6-35(49)58-41(24(2)19-31-30-14-11-27-21-28(46)15-16-38(27,4)40(30,42)33(47)22-39(31,41)5)34(48)23-55-37(51)57-29-12-9-26(10-13-29)20-32(43-25(3)45)36(50)54-17-7-8-18-56-44(52)53/h9-13,15-16,24,30-33,47H,6-8,14,17-23H2,1-5H3,(H,43,45)/t24-,30-,31-,32-,33-,38-,39-,40-,41-/m0/s1. The molecule has 0 unspecified atom stereocenters. The lowest BCUT2D eigenvalue weighted by Gasteiger charge is -2.62. The maximum absolute atomic E-state index is 17.7. The van der Waals surface area contributed by atoms with Crippen LogP contribution in [0.1, 0.15) is 85.1 Å². The third kappa shape index (κ3) is 8.22. The van der Waals surface area contributed by atoms with Crippen molar-refractivity contribution in [2.45, 2.75) is 109 Å². The molecule has 0 bridgehead atoms. The number of nitrogens with one attached hydrogen (secondary N) is 1. The third-order valence-corrected chi connectivity index (χ3v) is 12.6. The van der Waals surface area contributed by atoms with E-state index in [0.717, 1.165) is 0 Å². The van der Waals surface area contributed by atoms with Crippen LogP contribution in [0.3, 0.4) is 0 Å². The van der Waals surface area contributed by atoms with Gasteiger partial charge < -0.3 is 34.2 Å². The van der Waals surface area contributed by atoms with Crippen molar-refractivity contribution in [3.8, 4) is 5.75 Å². The molecule has 2 fully saturated rings. The number of esters is 2. The van der Waals surface area contributed by atoms with E-state index in [-0.39, 0.29) is 69.7 Å².